The van der Waals surface area contributed by atoms with Crippen LogP contribution in [-0.2, 0) is 11.2 Å². The Morgan fingerprint density at radius 1 is 1.26 bits per heavy atom. The van der Waals surface area contributed by atoms with Gasteiger partial charge in [0.25, 0.3) is 0 Å². The topological polar surface area (TPSA) is 12.5 Å². The third-order valence-electron chi connectivity index (χ3n) is 4.39. The van der Waals surface area contributed by atoms with Crippen LogP contribution < -0.4 is 0 Å². The molecule has 0 unspecified atom stereocenters. The van der Waals surface area contributed by atoms with Gasteiger partial charge in [0, 0.05) is 12.6 Å². The summed E-state index contributed by atoms with van der Waals surface area (Å²) in [6, 6.07) is 9.13. The Morgan fingerprint density at radius 2 is 2.16 bits per heavy atom. The lowest BCUT2D eigenvalue weighted by Gasteiger charge is -2.44. The van der Waals surface area contributed by atoms with Gasteiger partial charge in [0.05, 0.1) is 19.4 Å². The van der Waals surface area contributed by atoms with E-state index in [1.165, 1.54) is 11.1 Å². The molecule has 2 aliphatic rings. The van der Waals surface area contributed by atoms with Gasteiger partial charge in [-0.1, -0.05) is 24.3 Å². The molecule has 2 nitrogen and oxygen atoms in total. The second-order valence-corrected chi connectivity index (χ2v) is 5.53. The highest BCUT2D eigenvalue weighted by molar-refractivity contribution is 5.33. The van der Waals surface area contributed by atoms with E-state index in [2.05, 4.69) is 29.2 Å². The molecule has 0 bridgehead atoms. The summed E-state index contributed by atoms with van der Waals surface area (Å²) in [6.07, 6.45) is 4.17. The third-order valence-corrected chi connectivity index (χ3v) is 4.39. The van der Waals surface area contributed by atoms with E-state index in [0.29, 0.717) is 12.5 Å². The Hall–Kier alpha value is -0.930. The van der Waals surface area contributed by atoms with E-state index in [0.717, 1.165) is 39.0 Å². The van der Waals surface area contributed by atoms with Crippen LogP contribution in [0, 0.1) is 0 Å². The molecule has 3 heteroatoms. The molecule has 1 saturated heterocycles. The van der Waals surface area contributed by atoms with E-state index < -0.39 is 0 Å². The zero-order valence-electron chi connectivity index (χ0n) is 11.4. The molecule has 1 fully saturated rings. The summed E-state index contributed by atoms with van der Waals surface area (Å²) in [7, 11) is 0. The van der Waals surface area contributed by atoms with E-state index in [9.17, 15) is 4.39 Å². The SMILES string of the molecule is FCCCCN1CCO[C@@H]2c3ccccc3CC[C@H]21. The molecule has 2 atom stereocenters. The summed E-state index contributed by atoms with van der Waals surface area (Å²) in [5.74, 6) is 0. The van der Waals surface area contributed by atoms with Crippen molar-refractivity contribution in [1.29, 1.82) is 0 Å². The minimum Gasteiger partial charge on any atom is -0.371 e. The van der Waals surface area contributed by atoms with Gasteiger partial charge in [0.15, 0.2) is 0 Å². The lowest BCUT2D eigenvalue weighted by molar-refractivity contribution is -0.0806. The molecule has 3 rings (SSSR count). The van der Waals surface area contributed by atoms with Gasteiger partial charge in [-0.15, -0.1) is 0 Å². The van der Waals surface area contributed by atoms with Gasteiger partial charge in [-0.05, 0) is 43.4 Å². The smallest absolute Gasteiger partial charge is 0.0983 e. The van der Waals surface area contributed by atoms with Gasteiger partial charge in [0.2, 0.25) is 0 Å². The highest BCUT2D eigenvalue weighted by atomic mass is 19.1. The molecule has 0 aromatic heterocycles. The van der Waals surface area contributed by atoms with Gasteiger partial charge >= 0.3 is 0 Å². The van der Waals surface area contributed by atoms with Crippen LogP contribution in [0.25, 0.3) is 0 Å². The van der Waals surface area contributed by atoms with Crippen LogP contribution in [0.2, 0.25) is 0 Å². The molecule has 1 heterocycles. The number of alkyl halides is 1. The number of benzene rings is 1. The van der Waals surface area contributed by atoms with Crippen molar-refractivity contribution in [2.45, 2.75) is 37.8 Å². The molecule has 1 aromatic rings. The summed E-state index contributed by atoms with van der Waals surface area (Å²) in [6.45, 7) is 2.61. The molecule has 0 amide bonds. The Balaban J connectivity index is 1.73. The van der Waals surface area contributed by atoms with E-state index in [1.54, 1.807) is 0 Å². The lowest BCUT2D eigenvalue weighted by atomic mass is 9.84. The fourth-order valence-electron chi connectivity index (χ4n) is 3.43. The molecule has 0 saturated carbocycles. The zero-order valence-corrected chi connectivity index (χ0v) is 11.4. The molecule has 0 radical (unpaired) electrons. The lowest BCUT2D eigenvalue weighted by Crippen LogP contribution is -2.49. The monoisotopic (exact) mass is 263 g/mol. The second-order valence-electron chi connectivity index (χ2n) is 5.53. The molecule has 1 aliphatic carbocycles. The van der Waals surface area contributed by atoms with Crippen molar-refractivity contribution >= 4 is 0 Å². The van der Waals surface area contributed by atoms with Crippen LogP contribution in [0.3, 0.4) is 0 Å². The number of aryl methyl sites for hydroxylation is 1. The van der Waals surface area contributed by atoms with E-state index >= 15 is 0 Å². The summed E-state index contributed by atoms with van der Waals surface area (Å²) >= 11 is 0. The maximum absolute atomic E-state index is 12.2. The van der Waals surface area contributed by atoms with Crippen molar-refractivity contribution in [1.82, 2.24) is 4.90 Å². The highest BCUT2D eigenvalue weighted by Crippen LogP contribution is 2.37. The van der Waals surface area contributed by atoms with Crippen molar-refractivity contribution in [2.75, 3.05) is 26.4 Å². The number of hydrogen-bond donors (Lipinski definition) is 0. The number of nitrogens with zero attached hydrogens (tertiary/aromatic N) is 1. The van der Waals surface area contributed by atoms with Gasteiger partial charge in [-0.3, -0.25) is 9.29 Å². The molecule has 104 valence electrons. The third kappa shape index (κ3) is 2.67. The first-order valence-electron chi connectivity index (χ1n) is 7.39. The van der Waals surface area contributed by atoms with Crippen LogP contribution >= 0.6 is 0 Å². The zero-order chi connectivity index (χ0) is 13.1. The molecule has 19 heavy (non-hydrogen) atoms. The number of unbranched alkanes of at least 4 members (excludes halogenated alkanes) is 1. The summed E-state index contributed by atoms with van der Waals surface area (Å²) in [5, 5.41) is 0. The highest BCUT2D eigenvalue weighted by Gasteiger charge is 2.36. The molecule has 0 spiro atoms. The predicted molar refractivity (Wildman–Crippen MR) is 74.0 cm³/mol. The molecule has 1 aromatic carbocycles. The maximum atomic E-state index is 12.2. The number of morpholine rings is 1. The van der Waals surface area contributed by atoms with Crippen LogP contribution in [0.15, 0.2) is 24.3 Å². The van der Waals surface area contributed by atoms with Gasteiger partial charge in [-0.2, -0.15) is 0 Å². The number of fused-ring (bicyclic) bond motifs is 3. The van der Waals surface area contributed by atoms with E-state index in [4.69, 9.17) is 4.74 Å². The van der Waals surface area contributed by atoms with Gasteiger partial charge in [0.1, 0.15) is 0 Å². The maximum Gasteiger partial charge on any atom is 0.0983 e. The Morgan fingerprint density at radius 3 is 3.05 bits per heavy atom. The van der Waals surface area contributed by atoms with E-state index in [1.807, 2.05) is 0 Å². The van der Waals surface area contributed by atoms with Crippen molar-refractivity contribution in [3.8, 4) is 0 Å². The molecule has 0 N–H and O–H groups in total. The number of halogens is 1. The molecular formula is C16H22FNO. The minimum atomic E-state index is -0.193. The summed E-state index contributed by atoms with van der Waals surface area (Å²) < 4.78 is 18.3. The minimum absolute atomic E-state index is 0.193. The standard InChI is InChI=1S/C16H22FNO/c17-9-3-4-10-18-11-12-19-16-14-6-2-1-5-13(14)7-8-15(16)18/h1-2,5-6,15-16H,3-4,7-12H2/t15-,16-/m1/s1. The average Bonchev–Trinajstić information content (AvgIpc) is 2.47. The fraction of sp³-hybridized carbons (Fsp3) is 0.625. The first-order chi connectivity index (χ1) is 9.40. The van der Waals surface area contributed by atoms with Crippen molar-refractivity contribution < 1.29 is 9.13 Å². The van der Waals surface area contributed by atoms with Gasteiger partial charge < -0.3 is 4.74 Å². The number of hydrogen-bond acceptors (Lipinski definition) is 2. The fourth-order valence-corrected chi connectivity index (χ4v) is 3.43. The first kappa shape index (κ1) is 13.1. The van der Waals surface area contributed by atoms with Crippen LogP contribution in [0.5, 0.6) is 0 Å². The largest absolute Gasteiger partial charge is 0.371 e. The van der Waals surface area contributed by atoms with Crippen LogP contribution in [-0.4, -0.2) is 37.3 Å². The predicted octanol–water partition coefficient (Wildman–Crippen LogP) is 3.12. The summed E-state index contributed by atoms with van der Waals surface area (Å²) in [5.41, 5.74) is 2.81. The number of rotatable bonds is 4. The van der Waals surface area contributed by atoms with E-state index in [-0.39, 0.29) is 12.8 Å². The van der Waals surface area contributed by atoms with Crippen LogP contribution in [0.1, 0.15) is 36.5 Å². The van der Waals surface area contributed by atoms with Crippen molar-refractivity contribution in [3.05, 3.63) is 35.4 Å². The normalized spacial score (nSPS) is 26.8. The van der Waals surface area contributed by atoms with Crippen LogP contribution in [0.4, 0.5) is 4.39 Å². The molecular weight excluding hydrogens is 241 g/mol. The summed E-state index contributed by atoms with van der Waals surface area (Å²) in [4.78, 5) is 2.51. The van der Waals surface area contributed by atoms with Gasteiger partial charge in [-0.25, -0.2) is 0 Å². The Labute approximate surface area is 114 Å². The Bertz CT molecular complexity index is 423. The van der Waals surface area contributed by atoms with Crippen molar-refractivity contribution in [3.63, 3.8) is 0 Å². The number of ether oxygens (including phenoxy) is 1. The first-order valence-corrected chi connectivity index (χ1v) is 7.39. The quantitative estimate of drug-likeness (QED) is 0.774. The van der Waals surface area contributed by atoms with Crippen molar-refractivity contribution in [2.24, 2.45) is 0 Å². The average molecular weight is 263 g/mol. The molecule has 1 aliphatic heterocycles. The Kier molecular flexibility index (Phi) is 4.14. The second kappa shape index (κ2) is 6.02.